The molecule has 110 valence electrons. The van der Waals surface area contributed by atoms with Crippen molar-refractivity contribution in [3.8, 4) is 5.75 Å². The largest absolute Gasteiger partial charge is 0.492 e. The van der Waals surface area contributed by atoms with E-state index in [1.165, 1.54) is 18.5 Å². The summed E-state index contributed by atoms with van der Waals surface area (Å²) in [5.41, 5.74) is -0.185. The minimum Gasteiger partial charge on any atom is -0.492 e. The standard InChI is InChI=1S/C15H12F3NO2/c1-2-3-21-11-4-10(7-19-8-11)15(20)9-5-12(16)14(18)13(17)6-9/h4-8H,2-3H2,1H3. The Hall–Kier alpha value is -2.37. The van der Waals surface area contributed by atoms with Crippen LogP contribution in [0.3, 0.4) is 0 Å². The van der Waals surface area contributed by atoms with Crippen molar-refractivity contribution in [2.24, 2.45) is 0 Å². The van der Waals surface area contributed by atoms with Crippen molar-refractivity contribution in [3.05, 3.63) is 59.2 Å². The minimum absolute atomic E-state index is 0.106. The fourth-order valence-corrected chi connectivity index (χ4v) is 1.70. The number of rotatable bonds is 5. The summed E-state index contributed by atoms with van der Waals surface area (Å²) in [6.07, 6.45) is 3.46. The summed E-state index contributed by atoms with van der Waals surface area (Å²) in [5, 5.41) is 0. The normalized spacial score (nSPS) is 10.5. The molecule has 0 N–H and O–H groups in total. The number of pyridine rings is 1. The molecule has 2 aromatic rings. The van der Waals surface area contributed by atoms with Crippen LogP contribution in [0.1, 0.15) is 29.3 Å². The van der Waals surface area contributed by atoms with Gasteiger partial charge < -0.3 is 4.74 Å². The van der Waals surface area contributed by atoms with Crippen LogP contribution < -0.4 is 4.74 Å². The Kier molecular flexibility index (Phi) is 4.57. The minimum atomic E-state index is -1.61. The van der Waals surface area contributed by atoms with Gasteiger partial charge in [-0.15, -0.1) is 0 Å². The van der Waals surface area contributed by atoms with Crippen molar-refractivity contribution in [2.75, 3.05) is 6.61 Å². The number of carbonyl (C=O) groups excluding carboxylic acids is 1. The molecule has 0 aliphatic rings. The van der Waals surface area contributed by atoms with Crippen LogP contribution in [0.15, 0.2) is 30.6 Å². The van der Waals surface area contributed by atoms with Gasteiger partial charge in [0.2, 0.25) is 0 Å². The van der Waals surface area contributed by atoms with Gasteiger partial charge in [0, 0.05) is 17.3 Å². The Labute approximate surface area is 119 Å². The van der Waals surface area contributed by atoms with Gasteiger partial charge in [0.25, 0.3) is 0 Å². The summed E-state index contributed by atoms with van der Waals surface area (Å²) in [4.78, 5) is 16.0. The predicted molar refractivity (Wildman–Crippen MR) is 69.8 cm³/mol. The summed E-state index contributed by atoms with van der Waals surface area (Å²) in [5.74, 6) is -4.72. The first kappa shape index (κ1) is 15.0. The smallest absolute Gasteiger partial charge is 0.194 e. The maximum atomic E-state index is 13.2. The third-order valence-electron chi connectivity index (χ3n) is 2.69. The van der Waals surface area contributed by atoms with Gasteiger partial charge in [0.1, 0.15) is 5.75 Å². The molecule has 0 saturated carbocycles. The van der Waals surface area contributed by atoms with Gasteiger partial charge in [-0.3, -0.25) is 9.78 Å². The molecule has 0 amide bonds. The Morgan fingerprint density at radius 2 is 1.76 bits per heavy atom. The van der Waals surface area contributed by atoms with E-state index in [0.717, 1.165) is 6.42 Å². The Balaban J connectivity index is 2.31. The maximum Gasteiger partial charge on any atom is 0.194 e. The summed E-state index contributed by atoms with van der Waals surface area (Å²) < 4.78 is 44.5. The predicted octanol–water partition coefficient (Wildman–Crippen LogP) is 3.52. The van der Waals surface area contributed by atoms with Gasteiger partial charge in [0.05, 0.1) is 12.8 Å². The van der Waals surface area contributed by atoms with E-state index in [0.29, 0.717) is 24.5 Å². The molecule has 6 heteroatoms. The first-order valence-corrected chi connectivity index (χ1v) is 6.30. The molecule has 0 fully saturated rings. The van der Waals surface area contributed by atoms with Crippen LogP contribution in [0.5, 0.6) is 5.75 Å². The van der Waals surface area contributed by atoms with Crippen molar-refractivity contribution in [1.29, 1.82) is 0 Å². The molecule has 0 spiro atoms. The van der Waals surface area contributed by atoms with E-state index in [1.807, 2.05) is 6.92 Å². The van der Waals surface area contributed by atoms with Crippen LogP contribution in [-0.2, 0) is 0 Å². The van der Waals surface area contributed by atoms with Crippen LogP contribution in [0.4, 0.5) is 13.2 Å². The van der Waals surface area contributed by atoms with Gasteiger partial charge in [0.15, 0.2) is 23.2 Å². The lowest BCUT2D eigenvalue weighted by molar-refractivity contribution is 0.103. The maximum absolute atomic E-state index is 13.2. The van der Waals surface area contributed by atoms with Gasteiger partial charge in [-0.1, -0.05) is 6.92 Å². The summed E-state index contributed by atoms with van der Waals surface area (Å²) in [7, 11) is 0. The molecule has 0 aliphatic heterocycles. The van der Waals surface area contributed by atoms with E-state index < -0.39 is 23.2 Å². The number of ketones is 1. The third-order valence-corrected chi connectivity index (χ3v) is 2.69. The van der Waals surface area contributed by atoms with E-state index >= 15 is 0 Å². The van der Waals surface area contributed by atoms with Crippen LogP contribution in [0.2, 0.25) is 0 Å². The summed E-state index contributed by atoms with van der Waals surface area (Å²) in [6.45, 7) is 2.38. The van der Waals surface area contributed by atoms with E-state index in [2.05, 4.69) is 4.98 Å². The van der Waals surface area contributed by atoms with Crippen molar-refractivity contribution < 1.29 is 22.7 Å². The molecular formula is C15H12F3NO2. The second kappa shape index (κ2) is 6.39. The summed E-state index contributed by atoms with van der Waals surface area (Å²) in [6, 6.07) is 2.73. The highest BCUT2D eigenvalue weighted by Crippen LogP contribution is 2.19. The lowest BCUT2D eigenvalue weighted by atomic mass is 10.0. The molecule has 1 aromatic heterocycles. The van der Waals surface area contributed by atoms with Crippen molar-refractivity contribution in [2.45, 2.75) is 13.3 Å². The summed E-state index contributed by atoms with van der Waals surface area (Å²) >= 11 is 0. The van der Waals surface area contributed by atoms with E-state index in [1.54, 1.807) is 0 Å². The SMILES string of the molecule is CCCOc1cncc(C(=O)c2cc(F)c(F)c(F)c2)c1. The monoisotopic (exact) mass is 295 g/mol. The van der Waals surface area contributed by atoms with E-state index in [-0.39, 0.29) is 11.1 Å². The highest BCUT2D eigenvalue weighted by atomic mass is 19.2. The number of carbonyl (C=O) groups is 1. The highest BCUT2D eigenvalue weighted by molar-refractivity contribution is 6.09. The number of ether oxygens (including phenoxy) is 1. The molecule has 0 bridgehead atoms. The molecule has 21 heavy (non-hydrogen) atoms. The van der Waals surface area contributed by atoms with Gasteiger partial charge in [-0.2, -0.15) is 0 Å². The topological polar surface area (TPSA) is 39.2 Å². The Morgan fingerprint density at radius 3 is 2.38 bits per heavy atom. The zero-order valence-electron chi connectivity index (χ0n) is 11.2. The van der Waals surface area contributed by atoms with Crippen molar-refractivity contribution in [3.63, 3.8) is 0 Å². The van der Waals surface area contributed by atoms with Crippen molar-refractivity contribution in [1.82, 2.24) is 4.98 Å². The number of halogens is 3. The molecule has 1 aromatic carbocycles. The molecule has 0 unspecified atom stereocenters. The molecule has 0 saturated heterocycles. The Bertz CT molecular complexity index is 651. The first-order chi connectivity index (χ1) is 10.0. The quantitative estimate of drug-likeness (QED) is 0.626. The number of benzene rings is 1. The number of nitrogens with zero attached hydrogens (tertiary/aromatic N) is 1. The lowest BCUT2D eigenvalue weighted by Crippen LogP contribution is -2.06. The molecule has 0 aliphatic carbocycles. The van der Waals surface area contributed by atoms with Gasteiger partial charge in [-0.05, 0) is 24.6 Å². The van der Waals surface area contributed by atoms with Crippen LogP contribution >= 0.6 is 0 Å². The molecule has 1 heterocycles. The Morgan fingerprint density at radius 1 is 1.10 bits per heavy atom. The fourth-order valence-electron chi connectivity index (χ4n) is 1.70. The first-order valence-electron chi connectivity index (χ1n) is 6.30. The van der Waals surface area contributed by atoms with Gasteiger partial charge >= 0.3 is 0 Å². The van der Waals surface area contributed by atoms with Crippen LogP contribution in [-0.4, -0.2) is 17.4 Å². The molecule has 0 atom stereocenters. The van der Waals surface area contributed by atoms with E-state index in [9.17, 15) is 18.0 Å². The molecule has 2 rings (SSSR count). The highest BCUT2D eigenvalue weighted by Gasteiger charge is 2.17. The zero-order chi connectivity index (χ0) is 15.4. The molecular weight excluding hydrogens is 283 g/mol. The fraction of sp³-hybridized carbons (Fsp3) is 0.200. The lowest BCUT2D eigenvalue weighted by Gasteiger charge is -2.06. The number of aromatic nitrogens is 1. The van der Waals surface area contributed by atoms with Crippen molar-refractivity contribution >= 4 is 5.78 Å². The second-order valence-electron chi connectivity index (χ2n) is 4.34. The van der Waals surface area contributed by atoms with Crippen LogP contribution in [0.25, 0.3) is 0 Å². The number of hydrogen-bond acceptors (Lipinski definition) is 3. The zero-order valence-corrected chi connectivity index (χ0v) is 11.2. The molecule has 3 nitrogen and oxygen atoms in total. The molecule has 0 radical (unpaired) electrons. The van der Waals surface area contributed by atoms with Gasteiger partial charge in [-0.25, -0.2) is 13.2 Å². The average Bonchev–Trinajstić information content (AvgIpc) is 2.49. The average molecular weight is 295 g/mol. The number of hydrogen-bond donors (Lipinski definition) is 0. The third kappa shape index (κ3) is 3.39. The van der Waals surface area contributed by atoms with E-state index in [4.69, 9.17) is 4.74 Å². The second-order valence-corrected chi connectivity index (χ2v) is 4.34. The van der Waals surface area contributed by atoms with Crippen LogP contribution in [0, 0.1) is 17.5 Å².